The van der Waals surface area contributed by atoms with Crippen molar-refractivity contribution >= 4 is 22.9 Å². The van der Waals surface area contributed by atoms with Crippen molar-refractivity contribution in [2.45, 2.75) is 31.0 Å². The Labute approximate surface area is 129 Å². The predicted molar refractivity (Wildman–Crippen MR) is 71.0 cm³/mol. The lowest BCUT2D eigenvalue weighted by molar-refractivity contribution is -0.139. The summed E-state index contributed by atoms with van der Waals surface area (Å²) in [6.45, 7) is -0.539. The Bertz CT molecular complexity index is 656. The first kappa shape index (κ1) is 16.5. The van der Waals surface area contributed by atoms with E-state index in [-0.39, 0.29) is 6.42 Å². The quantitative estimate of drug-likeness (QED) is 0.648. The van der Waals surface area contributed by atoms with Gasteiger partial charge in [0.05, 0.1) is 35.6 Å². The summed E-state index contributed by atoms with van der Waals surface area (Å²) in [5, 5.41) is 18.5. The molecule has 1 aliphatic rings. The van der Waals surface area contributed by atoms with Gasteiger partial charge in [-0.2, -0.15) is 16.0 Å². The summed E-state index contributed by atoms with van der Waals surface area (Å²) in [4.78, 5) is 23.4. The van der Waals surface area contributed by atoms with Crippen molar-refractivity contribution in [1.29, 1.82) is 0 Å². The number of ether oxygens (including phenoxy) is 1. The summed E-state index contributed by atoms with van der Waals surface area (Å²) in [5.41, 5.74) is -3.99. The molecule has 2 rings (SSSR count). The van der Waals surface area contributed by atoms with Crippen LogP contribution in [0.1, 0.15) is 18.2 Å². The molecule has 0 bridgehead atoms. The van der Waals surface area contributed by atoms with Gasteiger partial charge in [-0.25, -0.2) is 4.79 Å². The van der Waals surface area contributed by atoms with E-state index in [1.165, 1.54) is 22.9 Å². The van der Waals surface area contributed by atoms with E-state index in [0.717, 1.165) is 0 Å². The fourth-order valence-electron chi connectivity index (χ4n) is 1.99. The smallest absolute Gasteiger partial charge is 0.394 e. The first-order valence-electron chi connectivity index (χ1n) is 5.72. The van der Waals surface area contributed by atoms with Crippen LogP contribution in [0.4, 0.5) is 13.2 Å². The molecule has 1 aliphatic heterocycles. The summed E-state index contributed by atoms with van der Waals surface area (Å²) < 4.78 is 44.4. The molecule has 3 atom stereocenters. The molecule has 1 saturated heterocycles. The average Bonchev–Trinajstić information content (AvgIpc) is 2.75. The van der Waals surface area contributed by atoms with E-state index in [2.05, 4.69) is 0 Å². The fraction of sp³-hybridized carbons (Fsp3) is 0.600. The van der Waals surface area contributed by atoms with E-state index < -0.39 is 48.0 Å². The van der Waals surface area contributed by atoms with Gasteiger partial charge in [0, 0.05) is 12.6 Å². The van der Waals surface area contributed by atoms with Gasteiger partial charge in [-0.3, -0.25) is 9.36 Å². The number of halogens is 4. The van der Waals surface area contributed by atoms with E-state index in [1.807, 2.05) is 0 Å². The zero-order valence-electron chi connectivity index (χ0n) is 10.2. The van der Waals surface area contributed by atoms with Crippen molar-refractivity contribution in [3.63, 3.8) is 0 Å². The Morgan fingerprint density at radius 3 is 2.52 bits per heavy atom. The highest BCUT2D eigenvalue weighted by Crippen LogP contribution is 2.30. The van der Waals surface area contributed by atoms with Crippen LogP contribution in [0.2, 0.25) is 0 Å². The van der Waals surface area contributed by atoms with Crippen LogP contribution >= 0.6 is 22.9 Å². The zero-order valence-corrected chi connectivity index (χ0v) is 12.4. The number of alkyl halides is 3. The van der Waals surface area contributed by atoms with E-state index in [1.54, 1.807) is 0 Å². The van der Waals surface area contributed by atoms with Crippen LogP contribution in [0.15, 0.2) is 15.8 Å². The molecule has 1 fully saturated rings. The van der Waals surface area contributed by atoms with Crippen LogP contribution < -0.4 is 11.2 Å². The first-order valence-corrected chi connectivity index (χ1v) is 6.69. The molecule has 2 N–H and O–H groups in total. The predicted octanol–water partition coefficient (Wildman–Crippen LogP) is -0.132. The second kappa shape index (κ2) is 5.70. The van der Waals surface area contributed by atoms with Crippen LogP contribution in [-0.4, -0.2) is 36.4 Å². The summed E-state index contributed by atoms with van der Waals surface area (Å²) in [5.74, 6) is 0. The van der Waals surface area contributed by atoms with Crippen LogP contribution in [-0.2, 0) is 10.9 Å². The number of hydrogen-bond acceptors (Lipinski definition) is 5. The van der Waals surface area contributed by atoms with Crippen LogP contribution in [0.5, 0.6) is 0 Å². The lowest BCUT2D eigenvalue weighted by Crippen LogP contribution is -2.40. The van der Waals surface area contributed by atoms with Gasteiger partial charge in [0.15, 0.2) is 0 Å². The van der Waals surface area contributed by atoms with Crippen molar-refractivity contribution in [2.75, 3.05) is 6.61 Å². The van der Waals surface area contributed by atoms with Gasteiger partial charge in [-0.05, 0) is 0 Å². The molecule has 0 aromatic carbocycles. The molecule has 118 valence electrons. The van der Waals surface area contributed by atoms with Gasteiger partial charge < -0.3 is 14.9 Å². The number of aliphatic hydroxyl groups excluding tert-OH is 2. The van der Waals surface area contributed by atoms with Crippen molar-refractivity contribution in [3.8, 4) is 0 Å². The molecule has 1 unspecified atom stereocenters. The molecule has 21 heavy (non-hydrogen) atoms. The number of rotatable bonds is 2. The second-order valence-electron chi connectivity index (χ2n) is 4.43. The standard InChI is InChI=1S/C10H10F3IN2O5/c11-10(12,13)4-2-15(9(20)16(14)8(4)19)7-1-5(18)6(3-17)21-7/h2,5-7,17-18H,1,3H2/t5?,6-,7-/m1/s1. The molecule has 7 nitrogen and oxygen atoms in total. The highest BCUT2D eigenvalue weighted by atomic mass is 127. The third-order valence-corrected chi connectivity index (χ3v) is 3.92. The van der Waals surface area contributed by atoms with E-state index in [4.69, 9.17) is 9.84 Å². The maximum Gasteiger partial charge on any atom is 0.423 e. The van der Waals surface area contributed by atoms with Gasteiger partial charge in [0.25, 0.3) is 5.56 Å². The Balaban J connectivity index is 2.53. The summed E-state index contributed by atoms with van der Waals surface area (Å²) in [6, 6.07) is 0. The van der Waals surface area contributed by atoms with Gasteiger partial charge in [0.2, 0.25) is 0 Å². The molecular weight excluding hydrogens is 412 g/mol. The first-order chi connectivity index (χ1) is 9.66. The largest absolute Gasteiger partial charge is 0.423 e. The van der Waals surface area contributed by atoms with Crippen LogP contribution in [0.3, 0.4) is 0 Å². The lowest BCUT2D eigenvalue weighted by Gasteiger charge is -2.17. The SMILES string of the molecule is O=c1c(C(F)(F)F)cn([C@H]2CC(O)[C@@H](CO)O2)c(=O)n1I. The maximum absolute atomic E-state index is 12.8. The van der Waals surface area contributed by atoms with E-state index >= 15 is 0 Å². The molecule has 0 spiro atoms. The zero-order chi connectivity index (χ0) is 15.9. The third-order valence-electron chi connectivity index (χ3n) is 3.07. The molecule has 0 aliphatic carbocycles. The minimum atomic E-state index is -4.92. The fourth-order valence-corrected chi connectivity index (χ4v) is 2.50. The van der Waals surface area contributed by atoms with Gasteiger partial charge >= 0.3 is 11.9 Å². The third kappa shape index (κ3) is 3.00. The Morgan fingerprint density at radius 1 is 1.43 bits per heavy atom. The topological polar surface area (TPSA) is 93.7 Å². The minimum Gasteiger partial charge on any atom is -0.394 e. The number of nitrogens with zero attached hydrogens (tertiary/aromatic N) is 2. The monoisotopic (exact) mass is 422 g/mol. The van der Waals surface area contributed by atoms with Crippen LogP contribution in [0, 0.1) is 0 Å². The maximum atomic E-state index is 12.8. The van der Waals surface area contributed by atoms with E-state index in [0.29, 0.717) is 13.5 Å². The second-order valence-corrected chi connectivity index (χ2v) is 5.40. The Morgan fingerprint density at radius 2 is 2.05 bits per heavy atom. The summed E-state index contributed by atoms with van der Waals surface area (Å²) in [6.07, 6.45) is -8.02. The highest BCUT2D eigenvalue weighted by molar-refractivity contribution is 14.1. The Hall–Kier alpha value is -0.920. The molecule has 2 heterocycles. The van der Waals surface area contributed by atoms with Crippen molar-refractivity contribution in [2.24, 2.45) is 0 Å². The van der Waals surface area contributed by atoms with Gasteiger partial charge in [-0.1, -0.05) is 0 Å². The van der Waals surface area contributed by atoms with Crippen molar-refractivity contribution in [1.82, 2.24) is 7.35 Å². The van der Waals surface area contributed by atoms with Crippen molar-refractivity contribution in [3.05, 3.63) is 32.6 Å². The number of hydrogen-bond donors (Lipinski definition) is 2. The molecule has 1 aromatic heterocycles. The molecule has 0 radical (unpaired) electrons. The number of aliphatic hydroxyl groups is 2. The Kier molecular flexibility index (Phi) is 4.46. The number of aromatic nitrogens is 2. The average molecular weight is 422 g/mol. The molecular formula is C10H10F3IN2O5. The van der Waals surface area contributed by atoms with Crippen LogP contribution in [0.25, 0.3) is 0 Å². The molecule has 1 aromatic rings. The van der Waals surface area contributed by atoms with Gasteiger partial charge in [-0.15, -0.1) is 0 Å². The van der Waals surface area contributed by atoms with Gasteiger partial charge in [0.1, 0.15) is 17.9 Å². The summed E-state index contributed by atoms with van der Waals surface area (Å²) in [7, 11) is 0. The normalized spacial score (nSPS) is 26.3. The molecule has 11 heteroatoms. The molecule has 0 amide bonds. The minimum absolute atomic E-state index is 0.169. The van der Waals surface area contributed by atoms with Crippen molar-refractivity contribution < 1.29 is 28.1 Å². The molecule has 0 saturated carbocycles. The lowest BCUT2D eigenvalue weighted by atomic mass is 10.2. The van der Waals surface area contributed by atoms with E-state index in [9.17, 15) is 27.9 Å². The highest BCUT2D eigenvalue weighted by Gasteiger charge is 2.39. The summed E-state index contributed by atoms with van der Waals surface area (Å²) >= 11 is 1.17.